The lowest BCUT2D eigenvalue weighted by Gasteiger charge is -2.10. The molecule has 5 nitrogen and oxygen atoms in total. The van der Waals surface area contributed by atoms with Crippen LogP contribution in [0.2, 0.25) is 0 Å². The SMILES string of the molecule is CC(Oc1cccc(-c2csc(N)n2)c1)C(=O)O. The average Bonchev–Trinajstić information content (AvgIpc) is 2.76. The van der Waals surface area contributed by atoms with Crippen LogP contribution in [0.1, 0.15) is 6.92 Å². The maximum atomic E-state index is 10.7. The molecule has 6 heteroatoms. The zero-order valence-electron chi connectivity index (χ0n) is 9.66. The van der Waals surface area contributed by atoms with Crippen molar-refractivity contribution in [2.75, 3.05) is 5.73 Å². The maximum absolute atomic E-state index is 10.7. The van der Waals surface area contributed by atoms with Crippen LogP contribution in [0.3, 0.4) is 0 Å². The quantitative estimate of drug-likeness (QED) is 0.884. The molecule has 1 unspecified atom stereocenters. The molecule has 0 saturated carbocycles. The second kappa shape index (κ2) is 5.05. The molecule has 0 radical (unpaired) electrons. The Labute approximate surface area is 108 Å². The van der Waals surface area contributed by atoms with Gasteiger partial charge in [-0.05, 0) is 19.1 Å². The summed E-state index contributed by atoms with van der Waals surface area (Å²) in [5.74, 6) is -0.507. The van der Waals surface area contributed by atoms with Crippen molar-refractivity contribution >= 4 is 22.4 Å². The fourth-order valence-corrected chi connectivity index (χ4v) is 1.98. The van der Waals surface area contributed by atoms with Gasteiger partial charge in [0.1, 0.15) is 5.75 Å². The van der Waals surface area contributed by atoms with Crippen molar-refractivity contribution in [3.8, 4) is 17.0 Å². The summed E-state index contributed by atoms with van der Waals surface area (Å²) in [4.78, 5) is 14.9. The van der Waals surface area contributed by atoms with Gasteiger partial charge in [0.2, 0.25) is 0 Å². The molecule has 94 valence electrons. The number of carboxylic acids is 1. The van der Waals surface area contributed by atoms with E-state index in [0.29, 0.717) is 10.9 Å². The van der Waals surface area contributed by atoms with Gasteiger partial charge in [0.15, 0.2) is 11.2 Å². The molecule has 1 aromatic heterocycles. The average molecular weight is 264 g/mol. The summed E-state index contributed by atoms with van der Waals surface area (Å²) in [5.41, 5.74) is 7.17. The normalized spacial score (nSPS) is 12.1. The molecule has 0 aliphatic carbocycles. The van der Waals surface area contributed by atoms with Gasteiger partial charge in [-0.2, -0.15) is 0 Å². The third-order valence-corrected chi connectivity index (χ3v) is 2.99. The van der Waals surface area contributed by atoms with Gasteiger partial charge in [-0.3, -0.25) is 0 Å². The molecular formula is C12H12N2O3S. The molecule has 1 heterocycles. The van der Waals surface area contributed by atoms with Gasteiger partial charge in [-0.15, -0.1) is 11.3 Å². The summed E-state index contributed by atoms with van der Waals surface area (Å²) >= 11 is 1.36. The zero-order valence-corrected chi connectivity index (χ0v) is 10.5. The van der Waals surface area contributed by atoms with Gasteiger partial charge in [0, 0.05) is 10.9 Å². The molecule has 0 aliphatic heterocycles. The van der Waals surface area contributed by atoms with Gasteiger partial charge >= 0.3 is 5.97 Å². The molecular weight excluding hydrogens is 252 g/mol. The number of aromatic nitrogens is 1. The Bertz CT molecular complexity index is 568. The summed E-state index contributed by atoms with van der Waals surface area (Å²) in [5, 5.41) is 11.1. The van der Waals surface area contributed by atoms with E-state index < -0.39 is 12.1 Å². The van der Waals surface area contributed by atoms with Crippen LogP contribution in [0.15, 0.2) is 29.6 Å². The van der Waals surface area contributed by atoms with Crippen LogP contribution in [0.4, 0.5) is 5.13 Å². The fraction of sp³-hybridized carbons (Fsp3) is 0.167. The van der Waals surface area contributed by atoms with E-state index in [2.05, 4.69) is 4.98 Å². The monoisotopic (exact) mass is 264 g/mol. The minimum atomic E-state index is -1.00. The Kier molecular flexibility index (Phi) is 3.47. The fourth-order valence-electron chi connectivity index (χ4n) is 1.40. The summed E-state index contributed by atoms with van der Waals surface area (Å²) in [7, 11) is 0. The van der Waals surface area contributed by atoms with Crippen LogP contribution < -0.4 is 10.5 Å². The van der Waals surface area contributed by atoms with Crippen molar-refractivity contribution in [3.63, 3.8) is 0 Å². The Balaban J connectivity index is 2.22. The van der Waals surface area contributed by atoms with Crippen molar-refractivity contribution in [2.24, 2.45) is 0 Å². The Morgan fingerprint density at radius 3 is 2.94 bits per heavy atom. The smallest absolute Gasteiger partial charge is 0.344 e. The third-order valence-electron chi connectivity index (χ3n) is 2.31. The number of hydrogen-bond donors (Lipinski definition) is 2. The van der Waals surface area contributed by atoms with Gasteiger partial charge < -0.3 is 15.6 Å². The van der Waals surface area contributed by atoms with Gasteiger partial charge in [-0.25, -0.2) is 9.78 Å². The van der Waals surface area contributed by atoms with Gasteiger partial charge in [0.05, 0.1) is 5.69 Å². The number of nitrogens with zero attached hydrogens (tertiary/aromatic N) is 1. The first-order valence-electron chi connectivity index (χ1n) is 5.27. The summed E-state index contributed by atoms with van der Waals surface area (Å²) in [6, 6.07) is 7.11. The number of carboxylic acid groups (broad SMARTS) is 1. The second-order valence-electron chi connectivity index (χ2n) is 3.70. The maximum Gasteiger partial charge on any atom is 0.344 e. The minimum absolute atomic E-state index is 0.494. The molecule has 0 spiro atoms. The number of anilines is 1. The summed E-state index contributed by atoms with van der Waals surface area (Å²) < 4.78 is 5.29. The standard InChI is InChI=1S/C12H12N2O3S/c1-7(11(15)16)17-9-4-2-3-8(5-9)10-6-18-12(13)14-10/h2-7H,1H3,(H2,13,14)(H,15,16). The van der Waals surface area contributed by atoms with Crippen molar-refractivity contribution in [1.29, 1.82) is 0 Å². The summed E-state index contributed by atoms with van der Waals surface area (Å²) in [6.45, 7) is 1.48. The predicted octanol–water partition coefficient (Wildman–Crippen LogP) is 2.24. The first-order valence-corrected chi connectivity index (χ1v) is 6.15. The Morgan fingerprint density at radius 2 is 2.33 bits per heavy atom. The highest BCUT2D eigenvalue weighted by Gasteiger charge is 2.13. The van der Waals surface area contributed by atoms with Crippen LogP contribution in [-0.4, -0.2) is 22.2 Å². The highest BCUT2D eigenvalue weighted by molar-refractivity contribution is 7.13. The molecule has 18 heavy (non-hydrogen) atoms. The molecule has 1 atom stereocenters. The Hall–Kier alpha value is -2.08. The lowest BCUT2D eigenvalue weighted by Crippen LogP contribution is -2.22. The number of nitrogens with two attached hydrogens (primary N) is 1. The molecule has 0 fully saturated rings. The number of rotatable bonds is 4. The van der Waals surface area contributed by atoms with Crippen LogP contribution in [0.25, 0.3) is 11.3 Å². The molecule has 3 N–H and O–H groups in total. The van der Waals surface area contributed by atoms with Gasteiger partial charge in [0.25, 0.3) is 0 Å². The van der Waals surface area contributed by atoms with E-state index in [4.69, 9.17) is 15.6 Å². The van der Waals surface area contributed by atoms with Crippen LogP contribution in [0, 0.1) is 0 Å². The van der Waals surface area contributed by atoms with Crippen molar-refractivity contribution in [2.45, 2.75) is 13.0 Å². The number of benzene rings is 1. The van der Waals surface area contributed by atoms with Crippen molar-refractivity contribution in [1.82, 2.24) is 4.98 Å². The van der Waals surface area contributed by atoms with E-state index >= 15 is 0 Å². The summed E-state index contributed by atoms with van der Waals surface area (Å²) in [6.07, 6.45) is -0.888. The molecule has 2 rings (SSSR count). The van der Waals surface area contributed by atoms with Crippen LogP contribution in [0.5, 0.6) is 5.75 Å². The molecule has 2 aromatic rings. The van der Waals surface area contributed by atoms with E-state index in [1.807, 2.05) is 11.4 Å². The molecule has 0 bridgehead atoms. The van der Waals surface area contributed by atoms with E-state index in [0.717, 1.165) is 11.3 Å². The topological polar surface area (TPSA) is 85.4 Å². The largest absolute Gasteiger partial charge is 0.479 e. The third kappa shape index (κ3) is 2.78. The predicted molar refractivity (Wildman–Crippen MR) is 69.7 cm³/mol. The van der Waals surface area contributed by atoms with E-state index in [1.165, 1.54) is 18.3 Å². The van der Waals surface area contributed by atoms with Gasteiger partial charge in [-0.1, -0.05) is 12.1 Å². The lowest BCUT2D eigenvalue weighted by molar-refractivity contribution is -0.144. The first kappa shape index (κ1) is 12.4. The molecule has 1 aromatic carbocycles. The lowest BCUT2D eigenvalue weighted by atomic mass is 10.1. The second-order valence-corrected chi connectivity index (χ2v) is 4.59. The molecule has 0 aliphatic rings. The minimum Gasteiger partial charge on any atom is -0.479 e. The van der Waals surface area contributed by atoms with Crippen LogP contribution >= 0.6 is 11.3 Å². The van der Waals surface area contributed by atoms with E-state index in [1.54, 1.807) is 18.2 Å². The molecule has 0 amide bonds. The number of aliphatic carboxylic acids is 1. The highest BCUT2D eigenvalue weighted by Crippen LogP contribution is 2.26. The number of ether oxygens (including phenoxy) is 1. The van der Waals surface area contributed by atoms with E-state index in [9.17, 15) is 4.79 Å². The molecule has 0 saturated heterocycles. The van der Waals surface area contributed by atoms with E-state index in [-0.39, 0.29) is 0 Å². The Morgan fingerprint density at radius 1 is 1.56 bits per heavy atom. The number of thiazole rings is 1. The first-order chi connectivity index (χ1) is 8.56. The zero-order chi connectivity index (χ0) is 13.1. The highest BCUT2D eigenvalue weighted by atomic mass is 32.1. The number of nitrogen functional groups attached to an aromatic ring is 1. The number of carbonyl (C=O) groups is 1. The van der Waals surface area contributed by atoms with Crippen molar-refractivity contribution < 1.29 is 14.6 Å². The number of hydrogen-bond acceptors (Lipinski definition) is 5. The van der Waals surface area contributed by atoms with Crippen molar-refractivity contribution in [3.05, 3.63) is 29.6 Å². The van der Waals surface area contributed by atoms with Crippen LogP contribution in [-0.2, 0) is 4.79 Å².